The van der Waals surface area contributed by atoms with Gasteiger partial charge < -0.3 is 20.1 Å². The van der Waals surface area contributed by atoms with Crippen LogP contribution in [0, 0.1) is 0 Å². The number of phosphoric ester groups is 1. The van der Waals surface area contributed by atoms with Crippen molar-refractivity contribution >= 4 is 19.8 Å². The maximum Gasteiger partial charge on any atom is 0.472 e. The van der Waals surface area contributed by atoms with E-state index in [0.717, 1.165) is 57.8 Å². The largest absolute Gasteiger partial charge is 0.472 e. The minimum absolute atomic E-state index is 0.0527. The van der Waals surface area contributed by atoms with Gasteiger partial charge in [0.1, 0.15) is 6.61 Å². The predicted molar refractivity (Wildman–Crippen MR) is 247 cm³/mol. The number of rotatable bonds is 47. The van der Waals surface area contributed by atoms with E-state index in [9.17, 15) is 19.0 Å². The zero-order valence-corrected chi connectivity index (χ0v) is 39.4. The van der Waals surface area contributed by atoms with Gasteiger partial charge in [0.15, 0.2) is 6.10 Å². The maximum atomic E-state index is 12.6. The molecule has 0 aromatic carbocycles. The predicted octanol–water partition coefficient (Wildman–Crippen LogP) is 14.7. The number of carbonyl (C=O) groups excluding carboxylic acids is 2. The van der Waals surface area contributed by atoms with Crippen molar-refractivity contribution in [1.29, 1.82) is 0 Å². The van der Waals surface area contributed by atoms with Crippen molar-refractivity contribution in [3.63, 3.8) is 0 Å². The molecule has 0 saturated heterocycles. The highest BCUT2D eigenvalue weighted by Gasteiger charge is 2.26. The number of carbonyl (C=O) groups is 2. The van der Waals surface area contributed by atoms with Gasteiger partial charge in [0.25, 0.3) is 0 Å². The van der Waals surface area contributed by atoms with E-state index in [1.807, 2.05) is 0 Å². The molecule has 348 valence electrons. The Morgan fingerprint density at radius 1 is 0.508 bits per heavy atom. The van der Waals surface area contributed by atoms with E-state index in [0.29, 0.717) is 6.42 Å². The van der Waals surface area contributed by atoms with Crippen LogP contribution in [0.5, 0.6) is 0 Å². The lowest BCUT2D eigenvalue weighted by atomic mass is 10.0. The normalized spacial score (nSPS) is 13.4. The average molecular weight is 856 g/mol. The summed E-state index contributed by atoms with van der Waals surface area (Å²) >= 11 is 0. The first-order valence-corrected chi connectivity index (χ1v) is 26.3. The van der Waals surface area contributed by atoms with Crippen molar-refractivity contribution in [2.24, 2.45) is 5.73 Å². The van der Waals surface area contributed by atoms with Gasteiger partial charge in [0.2, 0.25) is 0 Å². The number of hydrogen-bond acceptors (Lipinski definition) is 8. The van der Waals surface area contributed by atoms with Crippen molar-refractivity contribution in [1.82, 2.24) is 0 Å². The fourth-order valence-electron chi connectivity index (χ4n) is 7.14. The van der Waals surface area contributed by atoms with Crippen molar-refractivity contribution in [2.45, 2.75) is 251 Å². The molecule has 0 saturated carbocycles. The molecular weight excluding hydrogens is 762 g/mol. The van der Waals surface area contributed by atoms with Crippen LogP contribution >= 0.6 is 7.82 Å². The van der Waals surface area contributed by atoms with Crippen molar-refractivity contribution < 1.29 is 37.6 Å². The number of unbranched alkanes of at least 4 members (excludes halogenated alkanes) is 30. The minimum atomic E-state index is -4.38. The third kappa shape index (κ3) is 45.8. The van der Waals surface area contributed by atoms with E-state index < -0.39 is 26.5 Å². The molecule has 2 atom stereocenters. The van der Waals surface area contributed by atoms with Crippen LogP contribution < -0.4 is 5.73 Å². The molecule has 0 fully saturated rings. The molecule has 0 radical (unpaired) electrons. The molecule has 0 aliphatic heterocycles. The Hall–Kier alpha value is -1.51. The van der Waals surface area contributed by atoms with Gasteiger partial charge in [0, 0.05) is 19.4 Å². The van der Waals surface area contributed by atoms with E-state index in [4.69, 9.17) is 24.3 Å². The van der Waals surface area contributed by atoms with Gasteiger partial charge in [0.05, 0.1) is 13.2 Å². The second-order valence-electron chi connectivity index (χ2n) is 16.7. The summed E-state index contributed by atoms with van der Waals surface area (Å²) < 4.78 is 32.9. The lowest BCUT2D eigenvalue weighted by Crippen LogP contribution is -2.29. The summed E-state index contributed by atoms with van der Waals surface area (Å²) in [6.07, 6.45) is 50.8. The summed E-state index contributed by atoms with van der Waals surface area (Å²) in [4.78, 5) is 35.0. The third-order valence-corrected chi connectivity index (χ3v) is 11.8. The smallest absolute Gasteiger partial charge is 0.462 e. The molecule has 0 aromatic rings. The molecule has 0 aliphatic carbocycles. The molecule has 1 unspecified atom stereocenters. The monoisotopic (exact) mass is 856 g/mol. The van der Waals surface area contributed by atoms with Crippen molar-refractivity contribution in [3.8, 4) is 0 Å². The first-order valence-electron chi connectivity index (χ1n) is 24.8. The Labute approximate surface area is 363 Å². The van der Waals surface area contributed by atoms with E-state index in [-0.39, 0.29) is 38.6 Å². The average Bonchev–Trinajstić information content (AvgIpc) is 3.22. The number of nitrogens with two attached hydrogens (primary N) is 1. The molecule has 59 heavy (non-hydrogen) atoms. The Bertz CT molecular complexity index is 1020. The van der Waals surface area contributed by atoms with Gasteiger partial charge in [-0.15, -0.1) is 0 Å². The maximum absolute atomic E-state index is 12.6. The highest BCUT2D eigenvalue weighted by atomic mass is 31.2. The molecular formula is C49H94NO8P. The lowest BCUT2D eigenvalue weighted by Gasteiger charge is -2.19. The van der Waals surface area contributed by atoms with E-state index in [1.165, 1.54) is 154 Å². The van der Waals surface area contributed by atoms with Gasteiger partial charge in [-0.1, -0.05) is 212 Å². The third-order valence-electron chi connectivity index (χ3n) is 10.8. The topological polar surface area (TPSA) is 134 Å². The summed E-state index contributed by atoms with van der Waals surface area (Å²) in [6, 6.07) is 0. The summed E-state index contributed by atoms with van der Waals surface area (Å²) in [5.41, 5.74) is 5.36. The molecule has 0 aliphatic rings. The summed E-state index contributed by atoms with van der Waals surface area (Å²) in [5.74, 6) is -0.833. The number of esters is 2. The number of allylic oxidation sites excluding steroid dienone is 4. The number of ether oxygens (including phenoxy) is 2. The minimum Gasteiger partial charge on any atom is -0.462 e. The van der Waals surface area contributed by atoms with Gasteiger partial charge in [-0.2, -0.15) is 0 Å². The Morgan fingerprint density at radius 2 is 0.881 bits per heavy atom. The van der Waals surface area contributed by atoms with Gasteiger partial charge in [-0.05, 0) is 44.9 Å². The van der Waals surface area contributed by atoms with Crippen LogP contribution in [-0.2, 0) is 32.7 Å². The molecule has 0 heterocycles. The summed E-state index contributed by atoms with van der Waals surface area (Å²) in [7, 11) is -4.38. The molecule has 9 nitrogen and oxygen atoms in total. The van der Waals surface area contributed by atoms with Crippen LogP contribution in [0.15, 0.2) is 24.3 Å². The highest BCUT2D eigenvalue weighted by Crippen LogP contribution is 2.43. The van der Waals surface area contributed by atoms with Gasteiger partial charge in [-0.25, -0.2) is 4.57 Å². The summed E-state index contributed by atoms with van der Waals surface area (Å²) in [6.45, 7) is 3.73. The van der Waals surface area contributed by atoms with Gasteiger partial charge >= 0.3 is 19.8 Å². The van der Waals surface area contributed by atoms with E-state index >= 15 is 0 Å². The van der Waals surface area contributed by atoms with Crippen LogP contribution in [-0.4, -0.2) is 49.3 Å². The van der Waals surface area contributed by atoms with Crippen molar-refractivity contribution in [3.05, 3.63) is 24.3 Å². The Balaban J connectivity index is 4.00. The molecule has 0 aromatic heterocycles. The first-order chi connectivity index (χ1) is 28.8. The molecule has 0 amide bonds. The van der Waals surface area contributed by atoms with Crippen molar-refractivity contribution in [2.75, 3.05) is 26.4 Å². The van der Waals surface area contributed by atoms with Crippen LogP contribution in [0.2, 0.25) is 0 Å². The zero-order chi connectivity index (χ0) is 43.2. The molecule has 0 rings (SSSR count). The SMILES string of the molecule is CCCCC/C=C/C/C=C/CCCCCCCC(=O)O[C@@H](COC(=O)CCCCCCCCCCCCCCCCCCCCCCCCC)COP(=O)(O)OCCN. The highest BCUT2D eigenvalue weighted by molar-refractivity contribution is 7.47. The van der Waals surface area contributed by atoms with Crippen LogP contribution in [0.25, 0.3) is 0 Å². The quantitative estimate of drug-likeness (QED) is 0.0265. The van der Waals surface area contributed by atoms with Crippen LogP contribution in [0.4, 0.5) is 0 Å². The molecule has 0 bridgehead atoms. The summed E-state index contributed by atoms with van der Waals surface area (Å²) in [5, 5.41) is 0. The van der Waals surface area contributed by atoms with Gasteiger partial charge in [-0.3, -0.25) is 18.6 Å². The number of phosphoric acid groups is 1. The lowest BCUT2D eigenvalue weighted by molar-refractivity contribution is -0.161. The van der Waals surface area contributed by atoms with E-state index in [2.05, 4.69) is 38.2 Å². The molecule has 10 heteroatoms. The number of hydrogen-bond donors (Lipinski definition) is 2. The molecule has 3 N–H and O–H groups in total. The fourth-order valence-corrected chi connectivity index (χ4v) is 7.90. The second-order valence-corrected chi connectivity index (χ2v) is 18.1. The fraction of sp³-hybridized carbons (Fsp3) is 0.878. The Morgan fingerprint density at radius 3 is 1.32 bits per heavy atom. The van der Waals surface area contributed by atoms with Crippen LogP contribution in [0.1, 0.15) is 245 Å². The Kier molecular flexibility index (Phi) is 44.8. The zero-order valence-electron chi connectivity index (χ0n) is 38.5. The van der Waals surface area contributed by atoms with E-state index in [1.54, 1.807) is 0 Å². The molecule has 0 spiro atoms. The standard InChI is InChI=1S/C49H94NO8P/c1-3-5-7-9-11-13-15-17-19-20-21-22-23-24-25-26-28-29-31-33-35-37-39-41-48(51)55-45-47(46-57-59(53,54)56-44-43-50)58-49(52)42-40-38-36-34-32-30-27-18-16-14-12-10-8-6-4-2/h12,14,18,27,47H,3-11,13,15-17,19-26,28-46,50H2,1-2H3,(H,53,54)/b14-12+,27-18+/t47-/m0/s1. The van der Waals surface area contributed by atoms with Crippen LogP contribution in [0.3, 0.4) is 0 Å². The second kappa shape index (κ2) is 46.0. The first kappa shape index (κ1) is 57.5.